The molecule has 0 bridgehead atoms. The molecule has 102 valence electrons. The van der Waals surface area contributed by atoms with E-state index in [1.54, 1.807) is 6.20 Å². The number of aliphatic hydroxyl groups excluding tert-OH is 1. The van der Waals surface area contributed by atoms with Gasteiger partial charge in [0.05, 0.1) is 12.7 Å². The predicted molar refractivity (Wildman–Crippen MR) is 69.5 cm³/mol. The average molecular weight is 253 g/mol. The first-order chi connectivity index (χ1) is 8.79. The second kappa shape index (κ2) is 6.87. The normalized spacial score (nSPS) is 23.1. The number of β-amino-alcohol motifs (C(OH)–C–C–N with tert-alkyl or cyclic N) is 1. The van der Waals surface area contributed by atoms with Gasteiger partial charge in [0.25, 0.3) is 0 Å². The summed E-state index contributed by atoms with van der Waals surface area (Å²) in [5, 5.41) is 16.9. The Balaban J connectivity index is 1.80. The van der Waals surface area contributed by atoms with Gasteiger partial charge in [-0.1, -0.05) is 0 Å². The summed E-state index contributed by atoms with van der Waals surface area (Å²) in [6, 6.07) is 2.05. The first-order valence-corrected chi connectivity index (χ1v) is 6.77. The van der Waals surface area contributed by atoms with Gasteiger partial charge in [0.2, 0.25) is 0 Å². The van der Waals surface area contributed by atoms with E-state index in [0.29, 0.717) is 25.7 Å². The third-order valence-corrected chi connectivity index (χ3v) is 3.45. The standard InChI is InChI=1S/C13H23N3O2/c1-2-18-10-12(17)9-16-7-3-4-11(8-16)13-5-6-14-15-13/h5-6,11-12,17H,2-4,7-10H2,1H3,(H,14,15)/t11-,12+/m0/s1. The summed E-state index contributed by atoms with van der Waals surface area (Å²) < 4.78 is 5.24. The predicted octanol–water partition coefficient (Wildman–Crippen LogP) is 0.986. The second-order valence-corrected chi connectivity index (χ2v) is 4.92. The number of likely N-dealkylation sites (tertiary alicyclic amines) is 1. The van der Waals surface area contributed by atoms with E-state index in [1.807, 2.05) is 13.0 Å². The maximum absolute atomic E-state index is 9.86. The molecule has 1 aliphatic heterocycles. The summed E-state index contributed by atoms with van der Waals surface area (Å²) >= 11 is 0. The Morgan fingerprint density at radius 1 is 1.67 bits per heavy atom. The molecule has 0 aliphatic carbocycles. The van der Waals surface area contributed by atoms with Crippen LogP contribution < -0.4 is 0 Å². The third-order valence-electron chi connectivity index (χ3n) is 3.45. The lowest BCUT2D eigenvalue weighted by Crippen LogP contribution is -2.40. The van der Waals surface area contributed by atoms with Gasteiger partial charge in [0.1, 0.15) is 0 Å². The highest BCUT2D eigenvalue weighted by Gasteiger charge is 2.23. The topological polar surface area (TPSA) is 61.4 Å². The summed E-state index contributed by atoms with van der Waals surface area (Å²) in [6.07, 6.45) is 3.79. The van der Waals surface area contributed by atoms with Gasteiger partial charge in [-0.3, -0.25) is 5.10 Å². The molecular formula is C13H23N3O2. The van der Waals surface area contributed by atoms with Gasteiger partial charge in [-0.05, 0) is 32.4 Å². The molecule has 2 rings (SSSR count). The molecule has 1 aliphatic rings. The number of H-pyrrole nitrogens is 1. The SMILES string of the molecule is CCOC[C@H](O)CN1CCC[C@H](c2ccn[nH]2)C1. The highest BCUT2D eigenvalue weighted by molar-refractivity contribution is 5.07. The van der Waals surface area contributed by atoms with Crippen LogP contribution in [0.3, 0.4) is 0 Å². The van der Waals surface area contributed by atoms with Gasteiger partial charge in [0.15, 0.2) is 0 Å². The second-order valence-electron chi connectivity index (χ2n) is 4.92. The minimum Gasteiger partial charge on any atom is -0.389 e. The number of rotatable bonds is 6. The Morgan fingerprint density at radius 3 is 3.28 bits per heavy atom. The fourth-order valence-corrected chi connectivity index (χ4v) is 2.57. The summed E-state index contributed by atoms with van der Waals surface area (Å²) in [6.45, 7) is 5.79. The zero-order valence-corrected chi connectivity index (χ0v) is 11.0. The smallest absolute Gasteiger partial charge is 0.0900 e. The Kier molecular flexibility index (Phi) is 5.16. The van der Waals surface area contributed by atoms with Gasteiger partial charge in [-0.25, -0.2) is 0 Å². The lowest BCUT2D eigenvalue weighted by molar-refractivity contribution is 0.0160. The van der Waals surface area contributed by atoms with Crippen LogP contribution in [0.1, 0.15) is 31.4 Å². The molecule has 1 aromatic rings. The van der Waals surface area contributed by atoms with Crippen LogP contribution in [0.15, 0.2) is 12.3 Å². The number of aromatic amines is 1. The van der Waals surface area contributed by atoms with E-state index in [4.69, 9.17) is 4.74 Å². The summed E-state index contributed by atoms with van der Waals surface area (Å²) in [5.74, 6) is 0.514. The van der Waals surface area contributed by atoms with E-state index in [9.17, 15) is 5.11 Å². The fourth-order valence-electron chi connectivity index (χ4n) is 2.57. The van der Waals surface area contributed by atoms with Crippen molar-refractivity contribution in [1.29, 1.82) is 0 Å². The van der Waals surface area contributed by atoms with Gasteiger partial charge in [0, 0.05) is 37.5 Å². The number of aliphatic hydroxyl groups is 1. The van der Waals surface area contributed by atoms with Gasteiger partial charge in [-0.15, -0.1) is 0 Å². The van der Waals surface area contributed by atoms with Crippen molar-refractivity contribution in [3.05, 3.63) is 18.0 Å². The Bertz CT molecular complexity index is 329. The van der Waals surface area contributed by atoms with Crippen molar-refractivity contribution >= 4 is 0 Å². The van der Waals surface area contributed by atoms with Crippen LogP contribution >= 0.6 is 0 Å². The number of piperidine rings is 1. The van der Waals surface area contributed by atoms with Gasteiger partial charge >= 0.3 is 0 Å². The van der Waals surface area contributed by atoms with Crippen molar-refractivity contribution in [2.24, 2.45) is 0 Å². The van der Waals surface area contributed by atoms with E-state index >= 15 is 0 Å². The van der Waals surface area contributed by atoms with Crippen LogP contribution in [0.25, 0.3) is 0 Å². The molecule has 1 saturated heterocycles. The summed E-state index contributed by atoms with van der Waals surface area (Å²) in [7, 11) is 0. The Labute approximate surface area is 108 Å². The van der Waals surface area contributed by atoms with Crippen molar-refractivity contribution in [3.8, 4) is 0 Å². The van der Waals surface area contributed by atoms with Crippen LogP contribution in [0.2, 0.25) is 0 Å². The third kappa shape index (κ3) is 3.80. The highest BCUT2D eigenvalue weighted by Crippen LogP contribution is 2.25. The number of nitrogens with one attached hydrogen (secondary N) is 1. The monoisotopic (exact) mass is 253 g/mol. The van der Waals surface area contributed by atoms with Crippen molar-refractivity contribution < 1.29 is 9.84 Å². The van der Waals surface area contributed by atoms with E-state index in [0.717, 1.165) is 13.1 Å². The van der Waals surface area contributed by atoms with E-state index in [1.165, 1.54) is 18.5 Å². The van der Waals surface area contributed by atoms with Crippen LogP contribution in [0.4, 0.5) is 0 Å². The number of aromatic nitrogens is 2. The number of ether oxygens (including phenoxy) is 1. The van der Waals surface area contributed by atoms with Crippen molar-refractivity contribution in [1.82, 2.24) is 15.1 Å². The summed E-state index contributed by atoms with van der Waals surface area (Å²) in [5.41, 5.74) is 1.21. The van der Waals surface area contributed by atoms with E-state index < -0.39 is 0 Å². The maximum Gasteiger partial charge on any atom is 0.0900 e. The average Bonchev–Trinajstić information content (AvgIpc) is 2.90. The lowest BCUT2D eigenvalue weighted by Gasteiger charge is -2.33. The molecule has 2 heterocycles. The molecule has 0 unspecified atom stereocenters. The molecule has 1 fully saturated rings. The molecule has 0 aromatic carbocycles. The largest absolute Gasteiger partial charge is 0.389 e. The minimum absolute atomic E-state index is 0.384. The first kappa shape index (κ1) is 13.5. The van der Waals surface area contributed by atoms with Gasteiger partial charge < -0.3 is 14.7 Å². The zero-order valence-electron chi connectivity index (χ0n) is 11.0. The molecule has 0 saturated carbocycles. The Morgan fingerprint density at radius 2 is 2.56 bits per heavy atom. The zero-order chi connectivity index (χ0) is 12.8. The number of hydrogen-bond acceptors (Lipinski definition) is 4. The van der Waals surface area contributed by atoms with Crippen molar-refractivity contribution in [3.63, 3.8) is 0 Å². The fraction of sp³-hybridized carbons (Fsp3) is 0.769. The molecular weight excluding hydrogens is 230 g/mol. The van der Waals surface area contributed by atoms with Gasteiger partial charge in [-0.2, -0.15) is 5.10 Å². The maximum atomic E-state index is 9.86. The highest BCUT2D eigenvalue weighted by atomic mass is 16.5. The van der Waals surface area contributed by atoms with Crippen molar-refractivity contribution in [2.75, 3.05) is 32.8 Å². The van der Waals surface area contributed by atoms with Crippen LogP contribution in [0.5, 0.6) is 0 Å². The molecule has 2 N–H and O–H groups in total. The minimum atomic E-state index is -0.384. The number of hydrogen-bond donors (Lipinski definition) is 2. The molecule has 18 heavy (non-hydrogen) atoms. The molecule has 5 heteroatoms. The lowest BCUT2D eigenvalue weighted by atomic mass is 9.95. The quantitative estimate of drug-likeness (QED) is 0.793. The Hall–Kier alpha value is -0.910. The van der Waals surface area contributed by atoms with Crippen molar-refractivity contribution in [2.45, 2.75) is 31.8 Å². The molecule has 0 amide bonds. The summed E-state index contributed by atoms with van der Waals surface area (Å²) in [4.78, 5) is 2.32. The first-order valence-electron chi connectivity index (χ1n) is 6.77. The van der Waals surface area contributed by atoms with Crippen LogP contribution in [-0.2, 0) is 4.74 Å². The van der Waals surface area contributed by atoms with Crippen LogP contribution in [0, 0.1) is 0 Å². The molecule has 0 spiro atoms. The number of nitrogens with zero attached hydrogens (tertiary/aromatic N) is 2. The molecule has 2 atom stereocenters. The van der Waals surface area contributed by atoms with E-state index in [2.05, 4.69) is 15.1 Å². The molecule has 0 radical (unpaired) electrons. The molecule has 1 aromatic heterocycles. The van der Waals surface area contributed by atoms with Crippen LogP contribution in [-0.4, -0.2) is 59.2 Å². The van der Waals surface area contributed by atoms with E-state index in [-0.39, 0.29) is 6.10 Å². The molecule has 5 nitrogen and oxygen atoms in total.